The first-order chi connectivity index (χ1) is 14.8. The first kappa shape index (κ1) is 20.5. The van der Waals surface area contributed by atoms with E-state index in [2.05, 4.69) is 25.3 Å². The number of halogens is 1. The van der Waals surface area contributed by atoms with Crippen LogP contribution in [0.3, 0.4) is 0 Å². The van der Waals surface area contributed by atoms with Crippen LogP contribution in [0.25, 0.3) is 21.9 Å². The Morgan fingerprint density at radius 3 is 2.77 bits per heavy atom. The molecule has 0 aromatic carbocycles. The highest BCUT2D eigenvalue weighted by Gasteiger charge is 2.23. The van der Waals surface area contributed by atoms with Gasteiger partial charge in [-0.2, -0.15) is 0 Å². The van der Waals surface area contributed by atoms with Crippen molar-refractivity contribution in [2.24, 2.45) is 0 Å². The van der Waals surface area contributed by atoms with Crippen LogP contribution in [0.1, 0.15) is 20.8 Å². The molecule has 4 aromatic heterocycles. The van der Waals surface area contributed by atoms with Gasteiger partial charge in [0, 0.05) is 23.2 Å². The van der Waals surface area contributed by atoms with Gasteiger partial charge in [0.05, 0.1) is 35.8 Å². The largest absolute Gasteiger partial charge is 0.443 e. The minimum Gasteiger partial charge on any atom is -0.443 e. The number of fused-ring (bicyclic) bond motifs is 3. The van der Waals surface area contributed by atoms with E-state index in [1.54, 1.807) is 45.4 Å². The highest BCUT2D eigenvalue weighted by atomic mass is 19.1. The van der Waals surface area contributed by atoms with Gasteiger partial charge in [-0.25, -0.2) is 14.2 Å². The van der Waals surface area contributed by atoms with Crippen molar-refractivity contribution in [1.29, 1.82) is 0 Å². The van der Waals surface area contributed by atoms with E-state index in [1.165, 1.54) is 11.1 Å². The molecule has 4 aromatic rings. The molecule has 0 atom stereocenters. The van der Waals surface area contributed by atoms with Crippen molar-refractivity contribution in [3.05, 3.63) is 49.1 Å². The topological polar surface area (TPSA) is 96.0 Å². The molecule has 4 rings (SSSR count). The lowest BCUT2D eigenvalue weighted by Gasteiger charge is -2.26. The molecule has 1 amide bonds. The van der Waals surface area contributed by atoms with Crippen LogP contribution in [0.5, 0.6) is 0 Å². The summed E-state index contributed by atoms with van der Waals surface area (Å²) in [4.78, 5) is 30.0. The molecule has 4 heterocycles. The zero-order chi connectivity index (χ0) is 22.0. The lowest BCUT2D eigenvalue weighted by atomic mass is 10.2. The fourth-order valence-corrected chi connectivity index (χ4v) is 3.21. The van der Waals surface area contributed by atoms with E-state index in [0.29, 0.717) is 17.2 Å². The van der Waals surface area contributed by atoms with E-state index in [0.717, 1.165) is 21.9 Å². The Morgan fingerprint density at radius 2 is 2.00 bits per heavy atom. The maximum atomic E-state index is 13.1. The van der Waals surface area contributed by atoms with E-state index in [9.17, 15) is 9.18 Å². The second kappa shape index (κ2) is 8.17. The monoisotopic (exact) mass is 422 g/mol. The predicted molar refractivity (Wildman–Crippen MR) is 118 cm³/mol. The van der Waals surface area contributed by atoms with Gasteiger partial charge in [-0.1, -0.05) is 0 Å². The van der Waals surface area contributed by atoms with Crippen molar-refractivity contribution in [3.8, 4) is 0 Å². The zero-order valence-electron chi connectivity index (χ0n) is 17.5. The maximum Gasteiger partial charge on any atom is 0.414 e. The summed E-state index contributed by atoms with van der Waals surface area (Å²) in [5.74, 6) is 0.597. The summed E-state index contributed by atoms with van der Waals surface area (Å²) >= 11 is 0. The van der Waals surface area contributed by atoms with Gasteiger partial charge in [0.15, 0.2) is 0 Å². The Kier molecular flexibility index (Phi) is 5.41. The summed E-state index contributed by atoms with van der Waals surface area (Å²) in [5, 5.41) is 5.15. The summed E-state index contributed by atoms with van der Waals surface area (Å²) in [6, 6.07) is 7.41. The number of pyridine rings is 3. The third-order valence-corrected chi connectivity index (χ3v) is 4.49. The lowest BCUT2D eigenvalue weighted by molar-refractivity contribution is 0.0578. The number of alkyl halides is 1. The second-order valence-electron chi connectivity index (χ2n) is 8.02. The first-order valence-electron chi connectivity index (χ1n) is 9.85. The Bertz CT molecular complexity index is 1230. The molecule has 0 unspecified atom stereocenters. The maximum absolute atomic E-state index is 13.1. The molecular formula is C22H23FN6O2. The van der Waals surface area contributed by atoms with Crippen LogP contribution in [0.15, 0.2) is 49.1 Å². The molecule has 0 saturated carbocycles. The minimum absolute atomic E-state index is 0.132. The van der Waals surface area contributed by atoms with Crippen molar-refractivity contribution in [2.45, 2.75) is 26.4 Å². The van der Waals surface area contributed by atoms with Crippen LogP contribution >= 0.6 is 0 Å². The Balaban J connectivity index is 1.60. The van der Waals surface area contributed by atoms with Crippen molar-refractivity contribution >= 4 is 45.2 Å². The average Bonchev–Trinajstić information content (AvgIpc) is 3.08. The molecule has 160 valence electrons. The van der Waals surface area contributed by atoms with E-state index >= 15 is 0 Å². The normalized spacial score (nSPS) is 11.6. The van der Waals surface area contributed by atoms with Gasteiger partial charge in [-0.3, -0.25) is 14.9 Å². The van der Waals surface area contributed by atoms with E-state index < -0.39 is 18.4 Å². The molecule has 0 aliphatic heterocycles. The molecule has 9 heteroatoms. The predicted octanol–water partition coefficient (Wildman–Crippen LogP) is 4.96. The molecule has 0 fully saturated rings. The zero-order valence-corrected chi connectivity index (χ0v) is 17.5. The molecule has 2 N–H and O–H groups in total. The molecule has 0 radical (unpaired) electrons. The number of nitrogens with one attached hydrogen (secondary N) is 2. The molecule has 0 saturated heterocycles. The van der Waals surface area contributed by atoms with Crippen molar-refractivity contribution < 1.29 is 13.9 Å². The van der Waals surface area contributed by atoms with Crippen LogP contribution in [-0.2, 0) is 4.74 Å². The van der Waals surface area contributed by atoms with Gasteiger partial charge in [-0.15, -0.1) is 0 Å². The van der Waals surface area contributed by atoms with Gasteiger partial charge >= 0.3 is 6.09 Å². The number of aromatic nitrogens is 4. The standard InChI is InChI=1S/C22H23FN6O2/c1-22(2,3)31-21(30)29(9-7-23)15-10-14(11-25-12-15)26-19-5-4-16-17-13-24-8-6-18(17)27-20(16)28-19/h4-6,8,10-13H,7,9H2,1-3H3,(H2,26,27,28). The highest BCUT2D eigenvalue weighted by Crippen LogP contribution is 2.27. The fourth-order valence-electron chi connectivity index (χ4n) is 3.21. The van der Waals surface area contributed by atoms with Crippen LogP contribution in [0.2, 0.25) is 0 Å². The van der Waals surface area contributed by atoms with Crippen LogP contribution < -0.4 is 10.2 Å². The van der Waals surface area contributed by atoms with Gasteiger partial charge in [-0.05, 0) is 45.0 Å². The van der Waals surface area contributed by atoms with Crippen molar-refractivity contribution in [2.75, 3.05) is 23.4 Å². The number of hydrogen-bond donors (Lipinski definition) is 2. The fraction of sp³-hybridized carbons (Fsp3) is 0.273. The lowest BCUT2D eigenvalue weighted by Crippen LogP contribution is -2.38. The summed E-state index contributed by atoms with van der Waals surface area (Å²) in [5.41, 5.74) is 2.02. The highest BCUT2D eigenvalue weighted by molar-refractivity contribution is 6.05. The van der Waals surface area contributed by atoms with Crippen LogP contribution in [0, 0.1) is 0 Å². The number of anilines is 3. The number of amides is 1. The average molecular weight is 422 g/mol. The molecular weight excluding hydrogens is 399 g/mol. The van der Waals surface area contributed by atoms with Gasteiger partial charge in [0.1, 0.15) is 23.7 Å². The smallest absolute Gasteiger partial charge is 0.414 e. The summed E-state index contributed by atoms with van der Waals surface area (Å²) in [6.45, 7) is 4.45. The second-order valence-corrected chi connectivity index (χ2v) is 8.02. The van der Waals surface area contributed by atoms with Gasteiger partial charge < -0.3 is 15.0 Å². The number of aromatic amines is 1. The number of hydrogen-bond acceptors (Lipinski definition) is 6. The Hall–Kier alpha value is -3.75. The number of H-pyrrole nitrogens is 1. The summed E-state index contributed by atoms with van der Waals surface area (Å²) in [7, 11) is 0. The van der Waals surface area contributed by atoms with E-state index in [1.807, 2.05) is 18.2 Å². The Morgan fingerprint density at radius 1 is 1.16 bits per heavy atom. The Labute approximate surface area is 178 Å². The number of ether oxygens (including phenoxy) is 1. The van der Waals surface area contributed by atoms with Crippen LogP contribution in [0.4, 0.5) is 26.4 Å². The number of carbonyl (C=O) groups is 1. The number of nitrogens with zero attached hydrogens (tertiary/aromatic N) is 4. The molecule has 0 aliphatic carbocycles. The summed E-state index contributed by atoms with van der Waals surface area (Å²) in [6.07, 6.45) is 5.99. The third kappa shape index (κ3) is 4.55. The first-order valence-corrected chi connectivity index (χ1v) is 9.85. The van der Waals surface area contributed by atoms with E-state index in [-0.39, 0.29) is 6.54 Å². The molecule has 8 nitrogen and oxygen atoms in total. The quantitative estimate of drug-likeness (QED) is 0.472. The molecule has 0 aliphatic rings. The number of carbonyl (C=O) groups excluding carboxylic acids is 1. The summed E-state index contributed by atoms with van der Waals surface area (Å²) < 4.78 is 18.5. The molecule has 0 bridgehead atoms. The SMILES string of the molecule is CC(C)(C)OC(=O)N(CCF)c1cncc(Nc2ccc3c(n2)[nH]c2ccncc23)c1. The third-order valence-electron chi connectivity index (χ3n) is 4.49. The number of rotatable bonds is 5. The minimum atomic E-state index is -0.704. The molecule has 0 spiro atoms. The van der Waals surface area contributed by atoms with Gasteiger partial charge in [0.2, 0.25) is 0 Å². The van der Waals surface area contributed by atoms with Crippen molar-refractivity contribution in [3.63, 3.8) is 0 Å². The van der Waals surface area contributed by atoms with Crippen molar-refractivity contribution in [1.82, 2.24) is 19.9 Å². The van der Waals surface area contributed by atoms with Crippen LogP contribution in [-0.4, -0.2) is 44.8 Å². The van der Waals surface area contributed by atoms with E-state index in [4.69, 9.17) is 4.74 Å². The van der Waals surface area contributed by atoms with Gasteiger partial charge in [0.25, 0.3) is 0 Å². The molecule has 31 heavy (non-hydrogen) atoms.